The molecule has 1 aliphatic rings. The Labute approximate surface area is 123 Å². The first-order valence-electron chi connectivity index (χ1n) is 7.04. The van der Waals surface area contributed by atoms with E-state index in [9.17, 15) is 4.39 Å². The van der Waals surface area contributed by atoms with E-state index >= 15 is 0 Å². The molecule has 2 unspecified atom stereocenters. The molecule has 1 aromatic carbocycles. The summed E-state index contributed by atoms with van der Waals surface area (Å²) in [4.78, 5) is 2.43. The largest absolute Gasteiger partial charge is 0.330 e. The predicted octanol–water partition coefficient (Wildman–Crippen LogP) is 3.54. The van der Waals surface area contributed by atoms with Crippen molar-refractivity contribution in [2.75, 3.05) is 13.1 Å². The maximum Gasteiger partial charge on any atom is 0.137 e. The van der Waals surface area contributed by atoms with Gasteiger partial charge < -0.3 is 5.73 Å². The van der Waals surface area contributed by atoms with Gasteiger partial charge in [0.25, 0.3) is 0 Å². The summed E-state index contributed by atoms with van der Waals surface area (Å²) in [5, 5.41) is 0. The van der Waals surface area contributed by atoms with Gasteiger partial charge in [-0.2, -0.15) is 0 Å². The average molecular weight is 329 g/mol. The summed E-state index contributed by atoms with van der Waals surface area (Å²) in [6.45, 7) is 4.69. The molecule has 1 saturated carbocycles. The molecule has 1 aromatic rings. The van der Waals surface area contributed by atoms with Gasteiger partial charge in [-0.25, -0.2) is 4.39 Å². The molecule has 1 aliphatic carbocycles. The van der Waals surface area contributed by atoms with Crippen LogP contribution < -0.4 is 5.73 Å². The van der Waals surface area contributed by atoms with Crippen molar-refractivity contribution in [3.05, 3.63) is 34.1 Å². The number of nitrogens with two attached hydrogens (primary N) is 1. The van der Waals surface area contributed by atoms with Crippen molar-refractivity contribution >= 4 is 15.9 Å². The fourth-order valence-electron chi connectivity index (χ4n) is 3.13. The third-order valence-corrected chi connectivity index (χ3v) is 5.09. The van der Waals surface area contributed by atoms with Crippen LogP contribution in [0.3, 0.4) is 0 Å². The molecule has 0 aromatic heterocycles. The lowest BCUT2D eigenvalue weighted by atomic mass is 10.0. The van der Waals surface area contributed by atoms with Gasteiger partial charge in [0.05, 0.1) is 4.47 Å². The van der Waals surface area contributed by atoms with E-state index in [2.05, 4.69) is 27.8 Å². The highest BCUT2D eigenvalue weighted by Crippen LogP contribution is 2.31. The van der Waals surface area contributed by atoms with E-state index in [0.717, 1.165) is 25.2 Å². The molecule has 2 atom stereocenters. The lowest BCUT2D eigenvalue weighted by Gasteiger charge is -2.32. The number of nitrogens with zero attached hydrogens (tertiary/aromatic N) is 1. The van der Waals surface area contributed by atoms with Crippen molar-refractivity contribution in [2.45, 2.75) is 38.8 Å². The zero-order chi connectivity index (χ0) is 13.8. The van der Waals surface area contributed by atoms with Crippen molar-refractivity contribution in [2.24, 2.45) is 11.7 Å². The first-order chi connectivity index (χ1) is 9.17. The monoisotopic (exact) mass is 328 g/mol. The van der Waals surface area contributed by atoms with Crippen LogP contribution in [0.25, 0.3) is 0 Å². The van der Waals surface area contributed by atoms with Gasteiger partial charge in [0.1, 0.15) is 5.82 Å². The zero-order valence-corrected chi connectivity index (χ0v) is 13.0. The van der Waals surface area contributed by atoms with Crippen LogP contribution in [0.1, 0.15) is 31.7 Å². The smallest absolute Gasteiger partial charge is 0.137 e. The van der Waals surface area contributed by atoms with Crippen molar-refractivity contribution < 1.29 is 4.39 Å². The van der Waals surface area contributed by atoms with E-state index in [-0.39, 0.29) is 5.82 Å². The third kappa shape index (κ3) is 3.36. The van der Waals surface area contributed by atoms with Crippen molar-refractivity contribution in [3.63, 3.8) is 0 Å². The highest BCUT2D eigenvalue weighted by Gasteiger charge is 2.30. The van der Waals surface area contributed by atoms with Gasteiger partial charge in [-0.05, 0) is 59.4 Å². The summed E-state index contributed by atoms with van der Waals surface area (Å²) in [6.07, 6.45) is 3.69. The van der Waals surface area contributed by atoms with Crippen molar-refractivity contribution in [1.29, 1.82) is 0 Å². The van der Waals surface area contributed by atoms with Crippen LogP contribution in [0.15, 0.2) is 22.7 Å². The summed E-state index contributed by atoms with van der Waals surface area (Å²) < 4.78 is 14.2. The van der Waals surface area contributed by atoms with Crippen LogP contribution in [-0.2, 0) is 6.54 Å². The Kier molecular flexibility index (Phi) is 5.37. The number of benzene rings is 1. The van der Waals surface area contributed by atoms with Crippen LogP contribution in [-0.4, -0.2) is 24.0 Å². The van der Waals surface area contributed by atoms with Crippen LogP contribution in [0.5, 0.6) is 0 Å². The van der Waals surface area contributed by atoms with E-state index in [1.165, 1.54) is 25.3 Å². The van der Waals surface area contributed by atoms with Gasteiger partial charge in [0.15, 0.2) is 0 Å². The second kappa shape index (κ2) is 6.82. The molecular formula is C15H22BrFN2. The Morgan fingerprint density at radius 2 is 2.21 bits per heavy atom. The predicted molar refractivity (Wildman–Crippen MR) is 80.4 cm³/mol. The van der Waals surface area contributed by atoms with Crippen LogP contribution in [0, 0.1) is 11.7 Å². The number of hydrogen-bond acceptors (Lipinski definition) is 2. The summed E-state index contributed by atoms with van der Waals surface area (Å²) in [6, 6.07) is 5.80. The number of halogens is 2. The molecule has 0 bridgehead atoms. The Morgan fingerprint density at radius 3 is 2.89 bits per heavy atom. The minimum Gasteiger partial charge on any atom is -0.330 e. The lowest BCUT2D eigenvalue weighted by Crippen LogP contribution is -2.39. The molecule has 0 saturated heterocycles. The molecule has 0 spiro atoms. The molecule has 0 aliphatic heterocycles. The Hall–Kier alpha value is -0.450. The second-order valence-electron chi connectivity index (χ2n) is 5.27. The van der Waals surface area contributed by atoms with E-state index in [1.54, 1.807) is 6.07 Å². The average Bonchev–Trinajstić information content (AvgIpc) is 2.88. The Morgan fingerprint density at radius 1 is 1.42 bits per heavy atom. The molecule has 0 amide bonds. The normalized spacial score (nSPS) is 23.2. The molecule has 4 heteroatoms. The first-order valence-corrected chi connectivity index (χ1v) is 7.83. The van der Waals surface area contributed by atoms with Gasteiger partial charge in [0, 0.05) is 12.6 Å². The van der Waals surface area contributed by atoms with E-state index < -0.39 is 0 Å². The fraction of sp³-hybridized carbons (Fsp3) is 0.600. The van der Waals surface area contributed by atoms with E-state index in [1.807, 2.05) is 6.07 Å². The summed E-state index contributed by atoms with van der Waals surface area (Å²) in [5.41, 5.74) is 6.89. The third-order valence-electron chi connectivity index (χ3n) is 4.20. The summed E-state index contributed by atoms with van der Waals surface area (Å²) in [5.74, 6) is 0.405. The number of rotatable bonds is 5. The highest BCUT2D eigenvalue weighted by atomic mass is 79.9. The molecule has 19 heavy (non-hydrogen) atoms. The summed E-state index contributed by atoms with van der Waals surface area (Å²) in [7, 11) is 0. The van der Waals surface area contributed by atoms with Gasteiger partial charge >= 0.3 is 0 Å². The fourth-order valence-corrected chi connectivity index (χ4v) is 3.52. The molecule has 2 N–H and O–H groups in total. The molecular weight excluding hydrogens is 307 g/mol. The minimum atomic E-state index is -0.185. The van der Waals surface area contributed by atoms with Crippen molar-refractivity contribution in [3.8, 4) is 0 Å². The van der Waals surface area contributed by atoms with Gasteiger partial charge in [-0.15, -0.1) is 0 Å². The van der Waals surface area contributed by atoms with Crippen LogP contribution in [0.4, 0.5) is 4.39 Å². The molecule has 106 valence electrons. The highest BCUT2D eigenvalue weighted by molar-refractivity contribution is 9.10. The topological polar surface area (TPSA) is 29.3 Å². The minimum absolute atomic E-state index is 0.185. The van der Waals surface area contributed by atoms with Gasteiger partial charge in [-0.3, -0.25) is 4.90 Å². The molecule has 0 heterocycles. The quantitative estimate of drug-likeness (QED) is 0.895. The molecule has 2 rings (SSSR count). The molecule has 0 radical (unpaired) electrons. The molecule has 2 nitrogen and oxygen atoms in total. The number of hydrogen-bond donors (Lipinski definition) is 1. The first kappa shape index (κ1) is 14.9. The van der Waals surface area contributed by atoms with E-state index in [4.69, 9.17) is 5.73 Å². The van der Waals surface area contributed by atoms with Crippen molar-refractivity contribution in [1.82, 2.24) is 4.90 Å². The zero-order valence-electron chi connectivity index (χ0n) is 11.4. The summed E-state index contributed by atoms with van der Waals surface area (Å²) >= 11 is 3.35. The Bertz CT molecular complexity index is 425. The maximum atomic E-state index is 13.6. The Balaban J connectivity index is 2.12. The SMILES string of the molecule is CCN(Cc1cccc(F)c1Br)C1CCCC1CN. The van der Waals surface area contributed by atoms with E-state index in [0.29, 0.717) is 16.4 Å². The second-order valence-corrected chi connectivity index (χ2v) is 6.06. The molecule has 1 fully saturated rings. The lowest BCUT2D eigenvalue weighted by molar-refractivity contribution is 0.161. The van der Waals surface area contributed by atoms with Gasteiger partial charge in [0.2, 0.25) is 0 Å². The maximum absolute atomic E-state index is 13.6. The van der Waals surface area contributed by atoms with Crippen LogP contribution >= 0.6 is 15.9 Å². The standard InChI is InChI=1S/C15H22BrFN2/c1-2-19(14-8-4-5-11(14)9-18)10-12-6-3-7-13(17)15(12)16/h3,6-7,11,14H,2,4-5,8-10,18H2,1H3. The van der Waals surface area contributed by atoms with Gasteiger partial charge in [-0.1, -0.05) is 25.5 Å². The van der Waals surface area contributed by atoms with Crippen LogP contribution in [0.2, 0.25) is 0 Å².